The lowest BCUT2D eigenvalue weighted by Crippen LogP contribution is -2.20. The minimum atomic E-state index is -0.0590. The van der Waals surface area contributed by atoms with Gasteiger partial charge in [0, 0.05) is 12.6 Å². The molecule has 5 nitrogen and oxygen atoms in total. The van der Waals surface area contributed by atoms with E-state index in [0.717, 1.165) is 11.3 Å². The predicted octanol–water partition coefficient (Wildman–Crippen LogP) is 1.37. The molecule has 0 fully saturated rings. The Morgan fingerprint density at radius 2 is 2.40 bits per heavy atom. The SMILES string of the molecule is CNC(c1ccoc1Cl)c1cnnn1C. The Labute approximate surface area is 92.0 Å². The molecule has 2 aromatic rings. The second-order valence-electron chi connectivity index (χ2n) is 3.15. The summed E-state index contributed by atoms with van der Waals surface area (Å²) >= 11 is 5.93. The minimum Gasteiger partial charge on any atom is -0.453 e. The highest BCUT2D eigenvalue weighted by Crippen LogP contribution is 2.27. The van der Waals surface area contributed by atoms with Crippen molar-refractivity contribution in [1.29, 1.82) is 0 Å². The number of aromatic nitrogens is 3. The number of rotatable bonds is 3. The molecule has 15 heavy (non-hydrogen) atoms. The lowest BCUT2D eigenvalue weighted by molar-refractivity contribution is 0.551. The molecular weight excluding hydrogens is 216 g/mol. The van der Waals surface area contributed by atoms with Gasteiger partial charge in [-0.25, -0.2) is 0 Å². The fourth-order valence-electron chi connectivity index (χ4n) is 1.53. The van der Waals surface area contributed by atoms with E-state index in [9.17, 15) is 0 Å². The molecule has 0 aliphatic heterocycles. The summed E-state index contributed by atoms with van der Waals surface area (Å²) in [5.74, 6) is 0. The van der Waals surface area contributed by atoms with Crippen molar-refractivity contribution < 1.29 is 4.42 Å². The molecule has 0 radical (unpaired) electrons. The zero-order valence-electron chi connectivity index (χ0n) is 8.44. The number of aryl methyl sites for hydroxylation is 1. The monoisotopic (exact) mass is 226 g/mol. The first-order valence-electron chi connectivity index (χ1n) is 4.48. The maximum Gasteiger partial charge on any atom is 0.198 e. The van der Waals surface area contributed by atoms with Crippen LogP contribution in [0.15, 0.2) is 22.9 Å². The van der Waals surface area contributed by atoms with E-state index in [0.29, 0.717) is 5.22 Å². The molecule has 1 N–H and O–H groups in total. The van der Waals surface area contributed by atoms with Crippen molar-refractivity contribution in [2.24, 2.45) is 7.05 Å². The third-order valence-electron chi connectivity index (χ3n) is 2.29. The van der Waals surface area contributed by atoms with Gasteiger partial charge >= 0.3 is 0 Å². The van der Waals surface area contributed by atoms with Gasteiger partial charge in [0.05, 0.1) is 24.2 Å². The standard InChI is InChI=1S/C9H11ClN4O/c1-11-8(6-3-4-15-9(6)10)7-5-12-13-14(7)2/h3-5,8,11H,1-2H3. The average Bonchev–Trinajstić information content (AvgIpc) is 2.80. The van der Waals surface area contributed by atoms with E-state index in [2.05, 4.69) is 15.6 Å². The Kier molecular flexibility index (Phi) is 2.75. The summed E-state index contributed by atoms with van der Waals surface area (Å²) in [6.45, 7) is 0. The zero-order chi connectivity index (χ0) is 10.8. The maximum atomic E-state index is 5.93. The average molecular weight is 227 g/mol. The van der Waals surface area contributed by atoms with Crippen molar-refractivity contribution >= 4 is 11.6 Å². The topological polar surface area (TPSA) is 55.9 Å². The summed E-state index contributed by atoms with van der Waals surface area (Å²) < 4.78 is 6.76. The highest BCUT2D eigenvalue weighted by molar-refractivity contribution is 6.29. The van der Waals surface area contributed by atoms with E-state index >= 15 is 0 Å². The van der Waals surface area contributed by atoms with Crippen LogP contribution in [0.1, 0.15) is 17.3 Å². The molecule has 1 atom stereocenters. The first-order valence-corrected chi connectivity index (χ1v) is 4.86. The Morgan fingerprint density at radius 1 is 1.60 bits per heavy atom. The summed E-state index contributed by atoms with van der Waals surface area (Å²) in [6, 6.07) is 1.77. The summed E-state index contributed by atoms with van der Waals surface area (Å²) in [6.07, 6.45) is 3.26. The zero-order valence-corrected chi connectivity index (χ0v) is 9.19. The fourth-order valence-corrected chi connectivity index (χ4v) is 1.76. The van der Waals surface area contributed by atoms with Crippen LogP contribution in [0.25, 0.3) is 0 Å². The summed E-state index contributed by atoms with van der Waals surface area (Å²) in [7, 11) is 3.68. The van der Waals surface area contributed by atoms with Crippen molar-refractivity contribution in [3.8, 4) is 0 Å². The normalized spacial score (nSPS) is 13.0. The van der Waals surface area contributed by atoms with Crippen LogP contribution in [-0.4, -0.2) is 22.0 Å². The third-order valence-corrected chi connectivity index (χ3v) is 2.60. The van der Waals surface area contributed by atoms with Crippen LogP contribution in [0, 0.1) is 0 Å². The molecule has 0 saturated carbocycles. The van der Waals surface area contributed by atoms with Crippen LogP contribution >= 0.6 is 11.6 Å². The van der Waals surface area contributed by atoms with E-state index in [1.165, 1.54) is 0 Å². The molecule has 1 unspecified atom stereocenters. The lowest BCUT2D eigenvalue weighted by atomic mass is 10.1. The van der Waals surface area contributed by atoms with Crippen LogP contribution in [-0.2, 0) is 7.05 Å². The Morgan fingerprint density at radius 3 is 2.87 bits per heavy atom. The van der Waals surface area contributed by atoms with Crippen molar-refractivity contribution in [3.05, 3.63) is 35.0 Å². The predicted molar refractivity (Wildman–Crippen MR) is 55.6 cm³/mol. The first-order chi connectivity index (χ1) is 7.24. The number of furan rings is 1. The molecule has 0 aliphatic rings. The van der Waals surface area contributed by atoms with Crippen LogP contribution < -0.4 is 5.32 Å². The first kappa shape index (κ1) is 10.2. The molecule has 6 heteroatoms. The van der Waals surface area contributed by atoms with Gasteiger partial charge in [-0.05, 0) is 24.7 Å². The van der Waals surface area contributed by atoms with E-state index in [1.807, 2.05) is 20.2 Å². The van der Waals surface area contributed by atoms with Crippen LogP contribution in [0.4, 0.5) is 0 Å². The highest BCUT2D eigenvalue weighted by Gasteiger charge is 2.20. The quantitative estimate of drug-likeness (QED) is 0.859. The van der Waals surface area contributed by atoms with Crippen LogP contribution in [0.2, 0.25) is 5.22 Å². The van der Waals surface area contributed by atoms with Gasteiger partial charge in [-0.1, -0.05) is 5.21 Å². The van der Waals surface area contributed by atoms with Gasteiger partial charge in [-0.2, -0.15) is 0 Å². The Balaban J connectivity index is 2.41. The third kappa shape index (κ3) is 1.75. The van der Waals surface area contributed by atoms with Crippen LogP contribution in [0.3, 0.4) is 0 Å². The van der Waals surface area contributed by atoms with Crippen LogP contribution in [0.5, 0.6) is 0 Å². The van der Waals surface area contributed by atoms with E-state index in [-0.39, 0.29) is 6.04 Å². The number of hydrogen-bond acceptors (Lipinski definition) is 4. The fraction of sp³-hybridized carbons (Fsp3) is 0.333. The molecule has 0 amide bonds. The molecule has 2 rings (SSSR count). The molecule has 0 spiro atoms. The van der Waals surface area contributed by atoms with Crippen molar-refractivity contribution in [1.82, 2.24) is 20.3 Å². The largest absolute Gasteiger partial charge is 0.453 e. The lowest BCUT2D eigenvalue weighted by Gasteiger charge is -2.14. The van der Waals surface area contributed by atoms with Gasteiger partial charge in [0.25, 0.3) is 0 Å². The van der Waals surface area contributed by atoms with Gasteiger partial charge in [0.2, 0.25) is 0 Å². The number of nitrogens with zero attached hydrogens (tertiary/aromatic N) is 3. The van der Waals surface area contributed by atoms with Gasteiger partial charge < -0.3 is 9.73 Å². The second-order valence-corrected chi connectivity index (χ2v) is 3.50. The highest BCUT2D eigenvalue weighted by atomic mass is 35.5. The van der Waals surface area contributed by atoms with Crippen molar-refractivity contribution in [2.45, 2.75) is 6.04 Å². The number of hydrogen-bond donors (Lipinski definition) is 1. The molecule has 0 aromatic carbocycles. The second kappa shape index (κ2) is 4.04. The Hall–Kier alpha value is -1.33. The van der Waals surface area contributed by atoms with Gasteiger partial charge in [-0.3, -0.25) is 4.68 Å². The van der Waals surface area contributed by atoms with Gasteiger partial charge in [0.15, 0.2) is 5.22 Å². The van der Waals surface area contributed by atoms with E-state index < -0.39 is 0 Å². The van der Waals surface area contributed by atoms with Gasteiger partial charge in [-0.15, -0.1) is 5.10 Å². The van der Waals surface area contributed by atoms with Crippen molar-refractivity contribution in [2.75, 3.05) is 7.05 Å². The maximum absolute atomic E-state index is 5.93. The van der Waals surface area contributed by atoms with Crippen molar-refractivity contribution in [3.63, 3.8) is 0 Å². The molecule has 80 valence electrons. The molecule has 0 aliphatic carbocycles. The summed E-state index contributed by atoms with van der Waals surface area (Å²) in [5, 5.41) is 11.2. The molecule has 2 aromatic heterocycles. The summed E-state index contributed by atoms with van der Waals surface area (Å²) in [4.78, 5) is 0. The Bertz CT molecular complexity index is 410. The molecule has 0 bridgehead atoms. The van der Waals surface area contributed by atoms with Gasteiger partial charge in [0.1, 0.15) is 0 Å². The number of nitrogens with one attached hydrogen (secondary N) is 1. The number of halogens is 1. The molecular formula is C9H11ClN4O. The van der Waals surface area contributed by atoms with E-state index in [4.69, 9.17) is 16.0 Å². The summed E-state index contributed by atoms with van der Waals surface area (Å²) in [5.41, 5.74) is 1.81. The minimum absolute atomic E-state index is 0.0590. The molecule has 2 heterocycles. The van der Waals surface area contributed by atoms with E-state index in [1.54, 1.807) is 17.1 Å². The smallest absolute Gasteiger partial charge is 0.198 e. The molecule has 0 saturated heterocycles.